The zero-order chi connectivity index (χ0) is 20.1. The molecule has 1 aliphatic rings. The highest BCUT2D eigenvalue weighted by Gasteiger charge is 2.35. The molecule has 2 amide bonds. The minimum Gasteiger partial charge on any atom is -0.338 e. The molecule has 1 aliphatic carbocycles. The van der Waals surface area contributed by atoms with Gasteiger partial charge in [-0.2, -0.15) is 0 Å². The summed E-state index contributed by atoms with van der Waals surface area (Å²) in [5, 5.41) is 8.90. The van der Waals surface area contributed by atoms with Crippen molar-refractivity contribution in [2.45, 2.75) is 50.0 Å². The fourth-order valence-corrected chi connectivity index (χ4v) is 4.61. The second-order valence-corrected chi connectivity index (χ2v) is 8.70. The van der Waals surface area contributed by atoms with Crippen molar-refractivity contribution in [3.05, 3.63) is 35.6 Å². The van der Waals surface area contributed by atoms with Crippen LogP contribution in [0.5, 0.6) is 0 Å². The highest BCUT2D eigenvalue weighted by Crippen LogP contribution is 2.36. The third-order valence-corrected chi connectivity index (χ3v) is 6.44. The highest BCUT2D eigenvalue weighted by molar-refractivity contribution is 8.01. The van der Waals surface area contributed by atoms with Crippen molar-refractivity contribution in [1.29, 1.82) is 0 Å². The second kappa shape index (κ2) is 9.47. The Balaban J connectivity index is 1.58. The topological polar surface area (TPSA) is 66.4 Å². The molecule has 2 aromatic rings. The predicted octanol–water partition coefficient (Wildman–Crippen LogP) is 3.72. The van der Waals surface area contributed by atoms with Gasteiger partial charge in [-0.3, -0.25) is 14.5 Å². The summed E-state index contributed by atoms with van der Waals surface area (Å²) in [6.45, 7) is 4.65. The summed E-state index contributed by atoms with van der Waals surface area (Å²) in [4.78, 5) is 28.1. The zero-order valence-electron chi connectivity index (χ0n) is 15.9. The van der Waals surface area contributed by atoms with E-state index in [9.17, 15) is 14.0 Å². The van der Waals surface area contributed by atoms with Crippen LogP contribution >= 0.6 is 23.1 Å². The number of carbonyl (C=O) groups is 2. The standard InChI is InChI=1S/C19H23FN4O2S2/c1-3-16(25)24(15-8-9-15)18-21-22-19(28-18)27-12-17(26)23(4-2)11-13-6-5-7-14(20)10-13/h5-7,10,15H,3-4,8-9,11-12H2,1-2H3. The first kappa shape index (κ1) is 20.7. The number of nitrogens with zero attached hydrogens (tertiary/aromatic N) is 4. The Labute approximate surface area is 172 Å². The van der Waals surface area contributed by atoms with E-state index in [1.807, 2.05) is 13.8 Å². The number of benzene rings is 1. The average molecular weight is 423 g/mol. The first-order chi connectivity index (χ1) is 13.5. The molecule has 0 unspecified atom stereocenters. The van der Waals surface area contributed by atoms with Gasteiger partial charge in [-0.15, -0.1) is 10.2 Å². The molecule has 28 heavy (non-hydrogen) atoms. The van der Waals surface area contributed by atoms with Crippen LogP contribution in [0.4, 0.5) is 9.52 Å². The Bertz CT molecular complexity index is 841. The van der Waals surface area contributed by atoms with E-state index in [0.717, 1.165) is 18.4 Å². The Morgan fingerprint density at radius 1 is 1.25 bits per heavy atom. The maximum Gasteiger partial charge on any atom is 0.233 e. The molecule has 1 saturated carbocycles. The fourth-order valence-electron chi connectivity index (χ4n) is 2.77. The van der Waals surface area contributed by atoms with Gasteiger partial charge >= 0.3 is 0 Å². The van der Waals surface area contributed by atoms with Gasteiger partial charge in [-0.1, -0.05) is 42.2 Å². The molecule has 1 aromatic heterocycles. The van der Waals surface area contributed by atoms with Gasteiger partial charge in [-0.25, -0.2) is 4.39 Å². The van der Waals surface area contributed by atoms with Crippen molar-refractivity contribution in [2.75, 3.05) is 17.2 Å². The van der Waals surface area contributed by atoms with E-state index in [1.165, 1.54) is 35.2 Å². The summed E-state index contributed by atoms with van der Waals surface area (Å²) in [7, 11) is 0. The van der Waals surface area contributed by atoms with Crippen molar-refractivity contribution < 1.29 is 14.0 Å². The van der Waals surface area contributed by atoms with Gasteiger partial charge in [0.2, 0.25) is 16.9 Å². The van der Waals surface area contributed by atoms with Gasteiger partial charge in [0.1, 0.15) is 5.82 Å². The first-order valence-corrected chi connectivity index (χ1v) is 11.1. The van der Waals surface area contributed by atoms with Gasteiger partial charge in [0.05, 0.1) is 5.75 Å². The van der Waals surface area contributed by atoms with Gasteiger partial charge in [0.25, 0.3) is 0 Å². The minimum atomic E-state index is -0.307. The third kappa shape index (κ3) is 5.29. The lowest BCUT2D eigenvalue weighted by molar-refractivity contribution is -0.128. The summed E-state index contributed by atoms with van der Waals surface area (Å²) in [5.41, 5.74) is 0.761. The fraction of sp³-hybridized carbons (Fsp3) is 0.474. The van der Waals surface area contributed by atoms with E-state index in [1.54, 1.807) is 21.9 Å². The summed E-state index contributed by atoms with van der Waals surface area (Å²) in [6.07, 6.45) is 2.43. The van der Waals surface area contributed by atoms with Crippen LogP contribution in [0, 0.1) is 5.82 Å². The number of halogens is 1. The molecule has 0 spiro atoms. The van der Waals surface area contributed by atoms with Crippen LogP contribution < -0.4 is 4.90 Å². The molecule has 0 saturated heterocycles. The molecule has 0 N–H and O–H groups in total. The lowest BCUT2D eigenvalue weighted by Crippen LogP contribution is -2.32. The van der Waals surface area contributed by atoms with E-state index in [-0.39, 0.29) is 29.4 Å². The maximum atomic E-state index is 13.4. The highest BCUT2D eigenvalue weighted by atomic mass is 32.2. The molecule has 0 atom stereocenters. The molecule has 150 valence electrons. The summed E-state index contributed by atoms with van der Waals surface area (Å²) < 4.78 is 14.0. The molecule has 0 aliphatic heterocycles. The summed E-state index contributed by atoms with van der Waals surface area (Å²) >= 11 is 2.66. The van der Waals surface area contributed by atoms with E-state index in [2.05, 4.69) is 10.2 Å². The molecule has 6 nitrogen and oxygen atoms in total. The van der Waals surface area contributed by atoms with Gasteiger partial charge < -0.3 is 4.90 Å². The lowest BCUT2D eigenvalue weighted by Gasteiger charge is -2.20. The number of hydrogen-bond acceptors (Lipinski definition) is 6. The Morgan fingerprint density at radius 2 is 2.04 bits per heavy atom. The van der Waals surface area contributed by atoms with Crippen molar-refractivity contribution >= 4 is 40.0 Å². The van der Waals surface area contributed by atoms with E-state index < -0.39 is 0 Å². The number of rotatable bonds is 9. The number of amides is 2. The Hall–Kier alpha value is -2.00. The van der Waals surface area contributed by atoms with Crippen LogP contribution in [0.2, 0.25) is 0 Å². The van der Waals surface area contributed by atoms with Crippen LogP contribution in [0.25, 0.3) is 0 Å². The number of aromatic nitrogens is 2. The smallest absolute Gasteiger partial charge is 0.233 e. The molecule has 1 fully saturated rings. The van der Waals surface area contributed by atoms with Crippen molar-refractivity contribution in [3.63, 3.8) is 0 Å². The minimum absolute atomic E-state index is 0.0443. The average Bonchev–Trinajstić information content (AvgIpc) is 3.41. The summed E-state index contributed by atoms with van der Waals surface area (Å²) in [5.74, 6) is -0.0718. The lowest BCUT2D eigenvalue weighted by atomic mass is 10.2. The quantitative estimate of drug-likeness (QED) is 0.455. The van der Waals surface area contributed by atoms with E-state index in [4.69, 9.17) is 0 Å². The van der Waals surface area contributed by atoms with Crippen molar-refractivity contribution in [1.82, 2.24) is 15.1 Å². The first-order valence-electron chi connectivity index (χ1n) is 9.32. The van der Waals surface area contributed by atoms with Crippen molar-refractivity contribution in [2.24, 2.45) is 0 Å². The normalized spacial score (nSPS) is 13.4. The van der Waals surface area contributed by atoms with Crippen LogP contribution in [-0.4, -0.2) is 45.3 Å². The van der Waals surface area contributed by atoms with Crippen LogP contribution in [0.3, 0.4) is 0 Å². The number of anilines is 1. The summed E-state index contributed by atoms with van der Waals surface area (Å²) in [6, 6.07) is 6.52. The van der Waals surface area contributed by atoms with Crippen LogP contribution in [0.1, 0.15) is 38.7 Å². The molecule has 1 heterocycles. The van der Waals surface area contributed by atoms with E-state index >= 15 is 0 Å². The Kier molecular flexibility index (Phi) is 7.01. The zero-order valence-corrected chi connectivity index (χ0v) is 17.6. The molecule has 3 rings (SSSR count). The number of carbonyl (C=O) groups excluding carboxylic acids is 2. The molecule has 0 radical (unpaired) electrons. The third-order valence-electron chi connectivity index (χ3n) is 4.40. The number of hydrogen-bond donors (Lipinski definition) is 0. The maximum absolute atomic E-state index is 13.4. The molecule has 0 bridgehead atoms. The predicted molar refractivity (Wildman–Crippen MR) is 109 cm³/mol. The van der Waals surface area contributed by atoms with E-state index in [0.29, 0.717) is 29.0 Å². The molecule has 1 aromatic carbocycles. The van der Waals surface area contributed by atoms with Crippen LogP contribution in [-0.2, 0) is 16.1 Å². The van der Waals surface area contributed by atoms with Crippen LogP contribution in [0.15, 0.2) is 28.6 Å². The van der Waals surface area contributed by atoms with Crippen molar-refractivity contribution in [3.8, 4) is 0 Å². The molecular formula is C19H23FN4O2S2. The number of thioether (sulfide) groups is 1. The largest absolute Gasteiger partial charge is 0.338 e. The van der Waals surface area contributed by atoms with Gasteiger partial charge in [-0.05, 0) is 37.5 Å². The SMILES string of the molecule is CCC(=O)N(c1nnc(SCC(=O)N(CC)Cc2cccc(F)c2)s1)C1CC1. The van der Waals surface area contributed by atoms with Gasteiger partial charge in [0, 0.05) is 25.6 Å². The molecule has 9 heteroatoms. The van der Waals surface area contributed by atoms with Gasteiger partial charge in [0.15, 0.2) is 4.34 Å². The molecular weight excluding hydrogens is 399 g/mol. The Morgan fingerprint density at radius 3 is 2.68 bits per heavy atom. The second-order valence-electron chi connectivity index (χ2n) is 6.53. The monoisotopic (exact) mass is 422 g/mol.